The monoisotopic (exact) mass is 366 g/mol. The number of ether oxygens (including phenoxy) is 1. The van der Waals surface area contributed by atoms with Crippen LogP contribution in [-0.2, 0) is 9.59 Å². The maximum absolute atomic E-state index is 12.4. The van der Waals surface area contributed by atoms with Gasteiger partial charge in [0.1, 0.15) is 23.8 Å². The lowest BCUT2D eigenvalue weighted by atomic mass is 9.82. The van der Waals surface area contributed by atoms with Crippen LogP contribution in [-0.4, -0.2) is 48.7 Å². The van der Waals surface area contributed by atoms with Gasteiger partial charge in [0.05, 0.1) is 18.2 Å². The molecule has 0 unspecified atom stereocenters. The van der Waals surface area contributed by atoms with Crippen LogP contribution in [0.5, 0.6) is 5.88 Å². The van der Waals surface area contributed by atoms with Crippen molar-refractivity contribution in [2.45, 2.75) is 25.2 Å². The number of hydrogen-bond donors (Lipinski definition) is 0. The van der Waals surface area contributed by atoms with Crippen LogP contribution >= 0.6 is 0 Å². The first kappa shape index (κ1) is 17.7. The number of Topliss-reactive ketones (excluding diaryl/α,β-unsaturated/α-hetero) is 2. The molecular formula is C21H22N2O4. The summed E-state index contributed by atoms with van der Waals surface area (Å²) in [5, 5.41) is 1.84. The molecule has 4 rings (SSSR count). The molecule has 6 nitrogen and oxygen atoms in total. The van der Waals surface area contributed by atoms with Gasteiger partial charge >= 0.3 is 0 Å². The fraction of sp³-hybridized carbons (Fsp3) is 0.381. The highest BCUT2D eigenvalue weighted by Crippen LogP contribution is 2.38. The Hall–Kier alpha value is -2.73. The first-order valence-electron chi connectivity index (χ1n) is 9.16. The second-order valence-corrected chi connectivity index (χ2v) is 7.27. The smallest absolute Gasteiger partial charge is 0.213 e. The van der Waals surface area contributed by atoms with Crippen molar-refractivity contribution in [2.75, 3.05) is 27.2 Å². The molecule has 27 heavy (non-hydrogen) atoms. The maximum atomic E-state index is 12.4. The van der Waals surface area contributed by atoms with Gasteiger partial charge in [-0.3, -0.25) is 9.59 Å². The van der Waals surface area contributed by atoms with Crippen molar-refractivity contribution in [1.82, 2.24) is 9.88 Å². The number of furan rings is 1. The average Bonchev–Trinajstić information content (AvgIpc) is 3.05. The lowest BCUT2D eigenvalue weighted by Gasteiger charge is -2.19. The summed E-state index contributed by atoms with van der Waals surface area (Å²) in [4.78, 5) is 30.6. The van der Waals surface area contributed by atoms with Gasteiger partial charge in [-0.1, -0.05) is 0 Å². The molecule has 0 N–H and O–H groups in total. The quantitative estimate of drug-likeness (QED) is 0.645. The number of fused-ring (bicyclic) bond motifs is 3. The molecule has 3 aromatic rings. The molecule has 0 amide bonds. The van der Waals surface area contributed by atoms with Crippen LogP contribution in [0, 0.1) is 0 Å². The standard InChI is InChI=1S/C21H22N2O4/c1-23(2)9-10-26-20-8-5-15-17(22-20)6-7-19-21(15)16(12-27-19)14-4-3-13(24)11-18(14)25/h5-8,12,14H,3-4,9-11H2,1-2H3/t14-/m0/s1. The van der Waals surface area contributed by atoms with Gasteiger partial charge in [0.2, 0.25) is 5.88 Å². The van der Waals surface area contributed by atoms with Crippen molar-refractivity contribution in [3.05, 3.63) is 36.1 Å². The topological polar surface area (TPSA) is 72.6 Å². The number of carbonyl (C=O) groups excluding carboxylic acids is 2. The number of nitrogens with zero attached hydrogens (tertiary/aromatic N) is 2. The van der Waals surface area contributed by atoms with Gasteiger partial charge in [-0.2, -0.15) is 0 Å². The zero-order valence-electron chi connectivity index (χ0n) is 15.5. The van der Waals surface area contributed by atoms with E-state index in [2.05, 4.69) is 4.98 Å². The van der Waals surface area contributed by atoms with Crippen LogP contribution < -0.4 is 4.74 Å². The van der Waals surface area contributed by atoms with Crippen molar-refractivity contribution >= 4 is 33.4 Å². The Labute approximate surface area is 157 Å². The highest BCUT2D eigenvalue weighted by atomic mass is 16.5. The van der Waals surface area contributed by atoms with E-state index in [9.17, 15) is 9.59 Å². The minimum Gasteiger partial charge on any atom is -0.476 e. The number of aromatic nitrogens is 1. The predicted octanol–water partition coefficient (Wildman–Crippen LogP) is 3.33. The van der Waals surface area contributed by atoms with E-state index in [0.717, 1.165) is 34.0 Å². The Morgan fingerprint density at radius 3 is 2.85 bits per heavy atom. The van der Waals surface area contributed by atoms with Crippen LogP contribution in [0.25, 0.3) is 21.9 Å². The number of ketones is 2. The van der Waals surface area contributed by atoms with Crippen LogP contribution in [0.1, 0.15) is 30.7 Å². The molecule has 1 aromatic carbocycles. The molecule has 1 atom stereocenters. The SMILES string of the molecule is CN(C)CCOc1ccc2c(ccc3occ([C@@H]4CCC(=O)CC4=O)c32)n1. The van der Waals surface area contributed by atoms with Crippen molar-refractivity contribution in [3.8, 4) is 5.88 Å². The fourth-order valence-electron chi connectivity index (χ4n) is 3.62. The zero-order chi connectivity index (χ0) is 19.0. The van der Waals surface area contributed by atoms with E-state index < -0.39 is 0 Å². The summed E-state index contributed by atoms with van der Waals surface area (Å²) in [7, 11) is 3.99. The summed E-state index contributed by atoms with van der Waals surface area (Å²) in [6, 6.07) is 7.58. The van der Waals surface area contributed by atoms with Crippen LogP contribution in [0.4, 0.5) is 0 Å². The highest BCUT2D eigenvalue weighted by molar-refractivity contribution is 6.10. The number of benzene rings is 1. The van der Waals surface area contributed by atoms with Crippen molar-refractivity contribution in [1.29, 1.82) is 0 Å². The van der Waals surface area contributed by atoms with Gasteiger partial charge in [-0.05, 0) is 38.7 Å². The molecule has 1 fully saturated rings. The largest absolute Gasteiger partial charge is 0.476 e. The van der Waals surface area contributed by atoms with E-state index in [4.69, 9.17) is 9.15 Å². The number of carbonyl (C=O) groups is 2. The predicted molar refractivity (Wildman–Crippen MR) is 102 cm³/mol. The van der Waals surface area contributed by atoms with E-state index in [0.29, 0.717) is 25.3 Å². The number of rotatable bonds is 5. The summed E-state index contributed by atoms with van der Waals surface area (Å²) in [6.45, 7) is 1.38. The lowest BCUT2D eigenvalue weighted by Crippen LogP contribution is -2.23. The number of likely N-dealkylation sites (N-methyl/N-ethyl adjacent to an activating group) is 1. The Bertz CT molecular complexity index is 1020. The Balaban J connectivity index is 1.71. The zero-order valence-corrected chi connectivity index (χ0v) is 15.5. The minimum atomic E-state index is -0.287. The Morgan fingerprint density at radius 1 is 1.22 bits per heavy atom. The molecule has 1 saturated carbocycles. The average molecular weight is 366 g/mol. The molecule has 6 heteroatoms. The van der Waals surface area contributed by atoms with E-state index in [1.165, 1.54) is 0 Å². The van der Waals surface area contributed by atoms with Crippen molar-refractivity contribution in [2.24, 2.45) is 0 Å². The van der Waals surface area contributed by atoms with E-state index in [-0.39, 0.29) is 23.9 Å². The normalized spacial score (nSPS) is 18.0. The second-order valence-electron chi connectivity index (χ2n) is 7.27. The third-order valence-corrected chi connectivity index (χ3v) is 5.04. The second kappa shape index (κ2) is 7.12. The van der Waals surface area contributed by atoms with Gasteiger partial charge in [-0.15, -0.1) is 0 Å². The van der Waals surface area contributed by atoms with Crippen LogP contribution in [0.15, 0.2) is 34.9 Å². The van der Waals surface area contributed by atoms with Gasteiger partial charge < -0.3 is 14.1 Å². The molecule has 2 heterocycles. The van der Waals surface area contributed by atoms with Crippen molar-refractivity contribution in [3.63, 3.8) is 0 Å². The first-order valence-corrected chi connectivity index (χ1v) is 9.16. The number of pyridine rings is 1. The number of hydrogen-bond acceptors (Lipinski definition) is 6. The minimum absolute atomic E-state index is 0.0181. The van der Waals surface area contributed by atoms with Crippen molar-refractivity contribution < 1.29 is 18.7 Å². The molecule has 2 aromatic heterocycles. The summed E-state index contributed by atoms with van der Waals surface area (Å²) in [6.07, 6.45) is 2.66. The van der Waals surface area contributed by atoms with Crippen LogP contribution in [0.2, 0.25) is 0 Å². The van der Waals surface area contributed by atoms with Gasteiger partial charge in [0.15, 0.2) is 0 Å². The third kappa shape index (κ3) is 3.45. The van der Waals surface area contributed by atoms with Gasteiger partial charge in [0, 0.05) is 41.3 Å². The molecular weight excluding hydrogens is 344 g/mol. The molecule has 1 aliphatic carbocycles. The van der Waals surface area contributed by atoms with E-state index >= 15 is 0 Å². The molecule has 1 aliphatic rings. The summed E-state index contributed by atoms with van der Waals surface area (Å²) < 4.78 is 11.4. The third-order valence-electron chi connectivity index (χ3n) is 5.04. The molecule has 0 spiro atoms. The Kier molecular flexibility index (Phi) is 4.66. The summed E-state index contributed by atoms with van der Waals surface area (Å²) in [5.41, 5.74) is 2.38. The molecule has 0 radical (unpaired) electrons. The fourth-order valence-corrected chi connectivity index (χ4v) is 3.62. The molecule has 0 saturated heterocycles. The first-order chi connectivity index (χ1) is 13.0. The van der Waals surface area contributed by atoms with Gasteiger partial charge in [-0.25, -0.2) is 4.98 Å². The molecule has 0 aliphatic heterocycles. The summed E-state index contributed by atoms with van der Waals surface area (Å²) >= 11 is 0. The van der Waals surface area contributed by atoms with Crippen LogP contribution in [0.3, 0.4) is 0 Å². The van der Waals surface area contributed by atoms with Gasteiger partial charge in [0.25, 0.3) is 0 Å². The Morgan fingerprint density at radius 2 is 2.07 bits per heavy atom. The summed E-state index contributed by atoms with van der Waals surface area (Å²) in [5.74, 6) is 0.288. The molecule has 140 valence electrons. The van der Waals surface area contributed by atoms with E-state index in [1.807, 2.05) is 43.3 Å². The highest BCUT2D eigenvalue weighted by Gasteiger charge is 2.31. The lowest BCUT2D eigenvalue weighted by molar-refractivity contribution is -0.130. The van der Waals surface area contributed by atoms with E-state index in [1.54, 1.807) is 6.26 Å². The maximum Gasteiger partial charge on any atom is 0.213 e. The molecule has 0 bridgehead atoms.